The third-order valence-corrected chi connectivity index (χ3v) is 7.62. The summed E-state index contributed by atoms with van der Waals surface area (Å²) in [5, 5.41) is 5.60. The van der Waals surface area contributed by atoms with Crippen LogP contribution in [0.15, 0.2) is 53.6 Å². The standard InChI is InChI=1S/C22H18Cl3N5O5S/c1-12(31)26-9-14-11-30(36(33,34)15-5-2-4-13(23)8-15)20-22(35-14)27-10-18(28-20)29-21(32)19-16(24)6-3-7-17(19)25/h2-8,10,14H,9,11H2,1H3,(H,26,31)(H,28,29,32). The molecule has 0 radical (unpaired) electrons. The van der Waals surface area contributed by atoms with Gasteiger partial charge >= 0.3 is 0 Å². The van der Waals surface area contributed by atoms with Crippen molar-refractivity contribution in [1.82, 2.24) is 15.3 Å². The number of amides is 2. The summed E-state index contributed by atoms with van der Waals surface area (Å²) in [6.07, 6.45) is 0.443. The van der Waals surface area contributed by atoms with Gasteiger partial charge in [0, 0.05) is 11.9 Å². The number of nitrogens with zero attached hydrogens (tertiary/aromatic N) is 3. The normalized spacial score (nSPS) is 15.0. The van der Waals surface area contributed by atoms with Gasteiger partial charge in [-0.3, -0.25) is 9.59 Å². The lowest BCUT2D eigenvalue weighted by Crippen LogP contribution is -2.48. The minimum absolute atomic E-state index is 0.0235. The number of nitrogens with one attached hydrogen (secondary N) is 2. The largest absolute Gasteiger partial charge is 0.468 e. The molecule has 1 aliphatic heterocycles. The summed E-state index contributed by atoms with van der Waals surface area (Å²) in [5.41, 5.74) is 0.0235. The number of hydrogen-bond donors (Lipinski definition) is 2. The summed E-state index contributed by atoms with van der Waals surface area (Å²) < 4.78 is 33.9. The number of aromatic nitrogens is 2. The molecule has 0 fully saturated rings. The summed E-state index contributed by atoms with van der Waals surface area (Å²) in [6, 6.07) is 10.3. The predicted octanol–water partition coefficient (Wildman–Crippen LogP) is 3.78. The van der Waals surface area contributed by atoms with Crippen LogP contribution in [0.5, 0.6) is 5.88 Å². The van der Waals surface area contributed by atoms with Crippen LogP contribution in [0, 0.1) is 0 Å². The second-order valence-electron chi connectivity index (χ2n) is 7.61. The van der Waals surface area contributed by atoms with Crippen LogP contribution in [0.2, 0.25) is 15.1 Å². The SMILES string of the molecule is CC(=O)NCC1CN(S(=O)(=O)c2cccc(Cl)c2)c2nc(NC(=O)c3c(Cl)cccc3Cl)cnc2O1. The zero-order chi connectivity index (χ0) is 26.0. The van der Waals surface area contributed by atoms with Gasteiger partial charge in [-0.2, -0.15) is 0 Å². The number of sulfonamides is 1. The molecule has 2 N–H and O–H groups in total. The summed E-state index contributed by atoms with van der Waals surface area (Å²) >= 11 is 18.2. The van der Waals surface area contributed by atoms with Crippen LogP contribution < -0.4 is 19.7 Å². The van der Waals surface area contributed by atoms with Gasteiger partial charge in [0.25, 0.3) is 21.8 Å². The molecule has 2 heterocycles. The molecule has 10 nitrogen and oxygen atoms in total. The first-order valence-corrected chi connectivity index (χ1v) is 13.0. The Hall–Kier alpha value is -3.12. The van der Waals surface area contributed by atoms with Crippen molar-refractivity contribution in [3.63, 3.8) is 0 Å². The first-order chi connectivity index (χ1) is 17.1. The molecule has 0 bridgehead atoms. The van der Waals surface area contributed by atoms with E-state index in [1.54, 1.807) is 12.1 Å². The molecule has 1 aromatic heterocycles. The molecule has 0 saturated carbocycles. The average Bonchev–Trinajstić information content (AvgIpc) is 2.82. The maximum absolute atomic E-state index is 13.6. The predicted molar refractivity (Wildman–Crippen MR) is 136 cm³/mol. The van der Waals surface area contributed by atoms with Gasteiger partial charge in [0.2, 0.25) is 11.7 Å². The fourth-order valence-corrected chi connectivity index (χ4v) is 5.68. The third-order valence-electron chi connectivity index (χ3n) is 5.00. The molecule has 1 aliphatic rings. The Morgan fingerprint density at radius 3 is 2.50 bits per heavy atom. The van der Waals surface area contributed by atoms with E-state index in [2.05, 4.69) is 20.6 Å². The van der Waals surface area contributed by atoms with Crippen LogP contribution in [0.4, 0.5) is 11.6 Å². The fourth-order valence-electron chi connectivity index (χ4n) is 3.36. The van der Waals surface area contributed by atoms with Gasteiger partial charge in [-0.15, -0.1) is 0 Å². The van der Waals surface area contributed by atoms with Crippen molar-refractivity contribution in [1.29, 1.82) is 0 Å². The van der Waals surface area contributed by atoms with E-state index >= 15 is 0 Å². The van der Waals surface area contributed by atoms with Gasteiger partial charge in [-0.25, -0.2) is 22.7 Å². The van der Waals surface area contributed by atoms with E-state index in [4.69, 9.17) is 39.5 Å². The number of benzene rings is 2. The number of fused-ring (bicyclic) bond motifs is 1. The van der Waals surface area contributed by atoms with E-state index in [9.17, 15) is 18.0 Å². The van der Waals surface area contributed by atoms with Crippen molar-refractivity contribution < 1.29 is 22.7 Å². The quantitative estimate of drug-likeness (QED) is 0.461. The average molecular weight is 571 g/mol. The highest BCUT2D eigenvalue weighted by molar-refractivity contribution is 7.92. The minimum atomic E-state index is -4.18. The van der Waals surface area contributed by atoms with Crippen LogP contribution in [-0.2, 0) is 14.8 Å². The fraction of sp³-hybridized carbons (Fsp3) is 0.182. The maximum atomic E-state index is 13.6. The van der Waals surface area contributed by atoms with Gasteiger partial charge in [-0.05, 0) is 30.3 Å². The monoisotopic (exact) mass is 569 g/mol. The summed E-state index contributed by atoms with van der Waals surface area (Å²) in [6.45, 7) is 1.17. The Bertz CT molecular complexity index is 1430. The second kappa shape index (κ2) is 10.5. The van der Waals surface area contributed by atoms with Crippen molar-refractivity contribution in [3.8, 4) is 5.88 Å². The van der Waals surface area contributed by atoms with Crippen LogP contribution in [0.3, 0.4) is 0 Å². The molecule has 0 aliphatic carbocycles. The molecule has 2 amide bonds. The number of rotatable bonds is 6. The smallest absolute Gasteiger partial charge is 0.265 e. The Kier molecular flexibility index (Phi) is 7.55. The van der Waals surface area contributed by atoms with Gasteiger partial charge in [-0.1, -0.05) is 46.9 Å². The summed E-state index contributed by atoms with van der Waals surface area (Å²) in [4.78, 5) is 32.5. The lowest BCUT2D eigenvalue weighted by atomic mass is 10.2. The number of carbonyl (C=O) groups is 2. The minimum Gasteiger partial charge on any atom is -0.468 e. The van der Waals surface area contributed by atoms with E-state index in [1.807, 2.05) is 0 Å². The molecule has 14 heteroatoms. The maximum Gasteiger partial charge on any atom is 0.265 e. The van der Waals surface area contributed by atoms with Crippen LogP contribution in [0.25, 0.3) is 0 Å². The first-order valence-electron chi connectivity index (χ1n) is 10.4. The van der Waals surface area contributed by atoms with Crippen molar-refractivity contribution >= 4 is 68.3 Å². The van der Waals surface area contributed by atoms with Gasteiger partial charge < -0.3 is 15.4 Å². The molecule has 0 spiro atoms. The topological polar surface area (TPSA) is 131 Å². The Morgan fingerprint density at radius 1 is 1.14 bits per heavy atom. The zero-order valence-corrected chi connectivity index (χ0v) is 21.6. The molecule has 188 valence electrons. The zero-order valence-electron chi connectivity index (χ0n) is 18.5. The van der Waals surface area contributed by atoms with E-state index in [-0.39, 0.29) is 62.0 Å². The molecule has 1 atom stereocenters. The summed E-state index contributed by atoms with van der Waals surface area (Å²) in [5.74, 6) is -1.29. The van der Waals surface area contributed by atoms with Crippen LogP contribution >= 0.6 is 34.8 Å². The summed E-state index contributed by atoms with van der Waals surface area (Å²) in [7, 11) is -4.18. The van der Waals surface area contributed by atoms with E-state index < -0.39 is 22.0 Å². The number of anilines is 2. The van der Waals surface area contributed by atoms with Gasteiger partial charge in [0.1, 0.15) is 6.10 Å². The molecular formula is C22H18Cl3N5O5S. The van der Waals surface area contributed by atoms with Crippen molar-refractivity contribution in [2.75, 3.05) is 22.7 Å². The molecule has 3 aromatic rings. The molecule has 0 saturated heterocycles. The van der Waals surface area contributed by atoms with Crippen LogP contribution in [-0.4, -0.2) is 49.4 Å². The lowest BCUT2D eigenvalue weighted by molar-refractivity contribution is -0.119. The molecule has 36 heavy (non-hydrogen) atoms. The lowest BCUT2D eigenvalue weighted by Gasteiger charge is -2.33. The molecule has 2 aromatic carbocycles. The number of hydrogen-bond acceptors (Lipinski definition) is 7. The molecule has 4 rings (SSSR count). The Labute approximate surface area is 221 Å². The Balaban J connectivity index is 1.72. The number of carbonyl (C=O) groups excluding carboxylic acids is 2. The number of halogens is 3. The van der Waals surface area contributed by atoms with E-state index in [1.165, 1.54) is 43.5 Å². The second-order valence-corrected chi connectivity index (χ2v) is 10.7. The number of ether oxygens (including phenoxy) is 1. The molecular weight excluding hydrogens is 553 g/mol. The highest BCUT2D eigenvalue weighted by Gasteiger charge is 2.37. The molecule has 1 unspecified atom stereocenters. The van der Waals surface area contributed by atoms with E-state index in [0.717, 1.165) is 4.31 Å². The van der Waals surface area contributed by atoms with Crippen LogP contribution in [0.1, 0.15) is 17.3 Å². The van der Waals surface area contributed by atoms with Crippen molar-refractivity contribution in [3.05, 3.63) is 69.3 Å². The highest BCUT2D eigenvalue weighted by atomic mass is 35.5. The van der Waals surface area contributed by atoms with Gasteiger partial charge in [0.05, 0.1) is 39.8 Å². The van der Waals surface area contributed by atoms with Gasteiger partial charge in [0.15, 0.2) is 5.82 Å². The highest BCUT2D eigenvalue weighted by Crippen LogP contribution is 2.35. The Morgan fingerprint density at radius 2 is 1.83 bits per heavy atom. The van der Waals surface area contributed by atoms with E-state index in [0.29, 0.717) is 0 Å². The third kappa shape index (κ3) is 5.49. The first kappa shape index (κ1) is 26.0. The van der Waals surface area contributed by atoms with Crippen molar-refractivity contribution in [2.24, 2.45) is 0 Å². The van der Waals surface area contributed by atoms with Crippen molar-refractivity contribution in [2.45, 2.75) is 17.9 Å².